The number of benzene rings is 1. The van der Waals surface area contributed by atoms with Gasteiger partial charge in [0.25, 0.3) is 0 Å². The van der Waals surface area contributed by atoms with Crippen LogP contribution >= 0.6 is 0 Å². The molecule has 2 amide bonds. The predicted octanol–water partition coefficient (Wildman–Crippen LogP) is 1.28. The highest BCUT2D eigenvalue weighted by atomic mass is 19.1. The number of ether oxygens (including phenoxy) is 2. The third-order valence-electron chi connectivity index (χ3n) is 4.02. The van der Waals surface area contributed by atoms with Gasteiger partial charge in [0.2, 0.25) is 5.91 Å². The van der Waals surface area contributed by atoms with Gasteiger partial charge in [0, 0.05) is 24.8 Å². The maximum Gasteiger partial charge on any atom is 0.414 e. The van der Waals surface area contributed by atoms with Gasteiger partial charge in [0.15, 0.2) is 6.30 Å². The quantitative estimate of drug-likeness (QED) is 0.838. The number of carbonyl (C=O) groups excluding carboxylic acids is 2. The summed E-state index contributed by atoms with van der Waals surface area (Å²) in [5.41, 5.74) is 1.43. The Morgan fingerprint density at radius 2 is 2.04 bits per heavy atom. The molecule has 0 spiro atoms. The number of carbonyl (C=O) groups is 2. The van der Waals surface area contributed by atoms with Gasteiger partial charge in [-0.15, -0.1) is 0 Å². The zero-order valence-corrected chi connectivity index (χ0v) is 13.4. The summed E-state index contributed by atoms with van der Waals surface area (Å²) in [7, 11) is 0. The molecule has 3 rings (SSSR count). The normalized spacial score (nSPS) is 24.0. The van der Waals surface area contributed by atoms with Crippen molar-refractivity contribution in [2.24, 2.45) is 0 Å². The first-order valence-corrected chi connectivity index (χ1v) is 7.85. The molecule has 1 aromatic carbocycles. The molecule has 2 aliphatic heterocycles. The van der Waals surface area contributed by atoms with Gasteiger partial charge < -0.3 is 19.7 Å². The first-order valence-electron chi connectivity index (χ1n) is 7.85. The van der Waals surface area contributed by atoms with Crippen LogP contribution in [0.25, 0.3) is 0 Å². The highest BCUT2D eigenvalue weighted by molar-refractivity contribution is 5.90. The van der Waals surface area contributed by atoms with Crippen molar-refractivity contribution in [2.75, 3.05) is 42.6 Å². The van der Waals surface area contributed by atoms with E-state index in [0.29, 0.717) is 25.4 Å². The molecule has 2 atom stereocenters. The van der Waals surface area contributed by atoms with E-state index in [1.165, 1.54) is 11.8 Å². The Bertz CT molecular complexity index is 610. The molecule has 7 nitrogen and oxygen atoms in total. The lowest BCUT2D eigenvalue weighted by Gasteiger charge is -2.32. The molecule has 0 unspecified atom stereocenters. The third kappa shape index (κ3) is 3.59. The molecule has 2 fully saturated rings. The van der Waals surface area contributed by atoms with E-state index in [1.807, 2.05) is 0 Å². The van der Waals surface area contributed by atoms with Crippen molar-refractivity contribution in [2.45, 2.75) is 19.3 Å². The minimum Gasteiger partial charge on any atom is -0.442 e. The monoisotopic (exact) mass is 337 g/mol. The molecule has 2 heterocycles. The fraction of sp³-hybridized carbons (Fsp3) is 0.500. The number of cyclic esters (lactones) is 1. The molecule has 8 heteroatoms. The van der Waals surface area contributed by atoms with Crippen LogP contribution in [0.5, 0.6) is 0 Å². The fourth-order valence-corrected chi connectivity index (χ4v) is 2.78. The first kappa shape index (κ1) is 16.5. The fourth-order valence-electron chi connectivity index (χ4n) is 2.78. The molecule has 130 valence electrons. The number of nitrogens with one attached hydrogen (secondary N) is 1. The topological polar surface area (TPSA) is 71.1 Å². The van der Waals surface area contributed by atoms with Gasteiger partial charge in [-0.25, -0.2) is 9.18 Å². The van der Waals surface area contributed by atoms with E-state index in [-0.39, 0.29) is 25.2 Å². The zero-order chi connectivity index (χ0) is 17.1. The van der Waals surface area contributed by atoms with Crippen molar-refractivity contribution in [3.8, 4) is 0 Å². The summed E-state index contributed by atoms with van der Waals surface area (Å²) in [4.78, 5) is 26.0. The summed E-state index contributed by atoms with van der Waals surface area (Å²) in [6.07, 6.45) is -1.99. The molecule has 2 saturated heterocycles. The van der Waals surface area contributed by atoms with Gasteiger partial charge in [-0.05, 0) is 24.3 Å². The number of halogens is 1. The standard InChI is InChI=1S/C16H20FN3O4/c1-11(21)18-8-14-9-20(16(22)24-14)13-4-2-12(3-5-13)19-6-7-23-10-15(19)17/h2-5,14-15H,6-10H2,1H3,(H,18,21)/t14-,15+/m1/s1. The third-order valence-corrected chi connectivity index (χ3v) is 4.02. The van der Waals surface area contributed by atoms with Gasteiger partial charge in [-0.1, -0.05) is 0 Å². The molecule has 0 aliphatic carbocycles. The van der Waals surface area contributed by atoms with E-state index in [4.69, 9.17) is 9.47 Å². The van der Waals surface area contributed by atoms with Crippen LogP contribution in [0.4, 0.5) is 20.6 Å². The lowest BCUT2D eigenvalue weighted by atomic mass is 10.2. The second kappa shape index (κ2) is 7.04. The number of hydrogen-bond acceptors (Lipinski definition) is 5. The van der Waals surface area contributed by atoms with Crippen molar-refractivity contribution >= 4 is 23.4 Å². The second-order valence-corrected chi connectivity index (χ2v) is 5.77. The lowest BCUT2D eigenvalue weighted by molar-refractivity contribution is -0.119. The Morgan fingerprint density at radius 3 is 2.71 bits per heavy atom. The average Bonchev–Trinajstić information content (AvgIpc) is 2.94. The van der Waals surface area contributed by atoms with Gasteiger partial charge in [0.1, 0.15) is 6.10 Å². The molecular weight excluding hydrogens is 317 g/mol. The lowest BCUT2D eigenvalue weighted by Crippen LogP contribution is -2.42. The van der Waals surface area contributed by atoms with Crippen LogP contribution in [0.2, 0.25) is 0 Å². The zero-order valence-electron chi connectivity index (χ0n) is 13.4. The summed E-state index contributed by atoms with van der Waals surface area (Å²) in [6, 6.07) is 7.09. The number of hydrogen-bond donors (Lipinski definition) is 1. The summed E-state index contributed by atoms with van der Waals surface area (Å²) in [6.45, 7) is 3.10. The van der Waals surface area contributed by atoms with E-state index in [9.17, 15) is 14.0 Å². The van der Waals surface area contributed by atoms with Crippen molar-refractivity contribution in [3.63, 3.8) is 0 Å². The number of alkyl halides is 1. The number of anilines is 2. The van der Waals surface area contributed by atoms with Crippen molar-refractivity contribution in [1.82, 2.24) is 5.32 Å². The Kier molecular flexibility index (Phi) is 4.84. The number of amides is 2. The van der Waals surface area contributed by atoms with Crippen molar-refractivity contribution in [3.05, 3.63) is 24.3 Å². The number of rotatable bonds is 4. The molecule has 1 aromatic rings. The van der Waals surface area contributed by atoms with Gasteiger partial charge in [0.05, 0.1) is 26.3 Å². The van der Waals surface area contributed by atoms with E-state index in [2.05, 4.69) is 5.32 Å². The Labute approximate surface area is 139 Å². The highest BCUT2D eigenvalue weighted by Gasteiger charge is 2.32. The molecule has 1 N–H and O–H groups in total. The average molecular weight is 337 g/mol. The van der Waals surface area contributed by atoms with E-state index in [1.54, 1.807) is 29.2 Å². The molecule has 2 aliphatic rings. The van der Waals surface area contributed by atoms with Crippen molar-refractivity contribution in [1.29, 1.82) is 0 Å². The Hall–Kier alpha value is -2.35. The first-order chi connectivity index (χ1) is 11.5. The maximum absolute atomic E-state index is 13.9. The largest absolute Gasteiger partial charge is 0.442 e. The van der Waals surface area contributed by atoms with Crippen LogP contribution in [0.3, 0.4) is 0 Å². The molecule has 0 bridgehead atoms. The van der Waals surface area contributed by atoms with E-state index in [0.717, 1.165) is 5.69 Å². The van der Waals surface area contributed by atoms with Crippen LogP contribution in [0.15, 0.2) is 24.3 Å². The van der Waals surface area contributed by atoms with Crippen LogP contribution in [-0.4, -0.2) is 57.2 Å². The minimum absolute atomic E-state index is 0.0605. The van der Waals surface area contributed by atoms with Gasteiger partial charge >= 0.3 is 6.09 Å². The molecule has 0 radical (unpaired) electrons. The van der Waals surface area contributed by atoms with Crippen LogP contribution in [-0.2, 0) is 14.3 Å². The molecular formula is C16H20FN3O4. The van der Waals surface area contributed by atoms with Crippen LogP contribution in [0.1, 0.15) is 6.92 Å². The number of nitrogens with zero attached hydrogens (tertiary/aromatic N) is 2. The molecule has 24 heavy (non-hydrogen) atoms. The van der Waals surface area contributed by atoms with E-state index >= 15 is 0 Å². The molecule has 0 saturated carbocycles. The summed E-state index contributed by atoms with van der Waals surface area (Å²) < 4.78 is 24.2. The Balaban J connectivity index is 1.65. The van der Waals surface area contributed by atoms with Crippen LogP contribution < -0.4 is 15.1 Å². The second-order valence-electron chi connectivity index (χ2n) is 5.77. The smallest absolute Gasteiger partial charge is 0.414 e. The predicted molar refractivity (Wildman–Crippen MR) is 85.8 cm³/mol. The minimum atomic E-state index is -1.16. The summed E-state index contributed by atoms with van der Waals surface area (Å²) >= 11 is 0. The summed E-state index contributed by atoms with van der Waals surface area (Å²) in [5, 5.41) is 2.63. The Morgan fingerprint density at radius 1 is 1.33 bits per heavy atom. The van der Waals surface area contributed by atoms with E-state index < -0.39 is 12.4 Å². The van der Waals surface area contributed by atoms with Gasteiger partial charge in [-0.3, -0.25) is 9.69 Å². The summed E-state index contributed by atoms with van der Waals surface area (Å²) in [5.74, 6) is -0.167. The SMILES string of the molecule is CC(=O)NC[C@@H]1CN(c2ccc(N3CCOC[C@H]3F)cc2)C(=O)O1. The number of morpholine rings is 1. The molecule has 0 aromatic heterocycles. The van der Waals surface area contributed by atoms with Crippen LogP contribution in [0, 0.1) is 0 Å². The highest BCUT2D eigenvalue weighted by Crippen LogP contribution is 2.26. The van der Waals surface area contributed by atoms with Crippen molar-refractivity contribution < 1.29 is 23.5 Å². The van der Waals surface area contributed by atoms with Gasteiger partial charge in [-0.2, -0.15) is 0 Å². The maximum atomic E-state index is 13.9.